The summed E-state index contributed by atoms with van der Waals surface area (Å²) in [6.07, 6.45) is 9.80. The zero-order chi connectivity index (χ0) is 22.1. The number of fused-ring (bicyclic) bond motifs is 1. The second-order valence-electron chi connectivity index (χ2n) is 8.51. The van der Waals surface area contributed by atoms with Crippen LogP contribution in [0.3, 0.4) is 0 Å². The molecule has 0 aliphatic heterocycles. The van der Waals surface area contributed by atoms with E-state index < -0.39 is 5.41 Å². The topological polar surface area (TPSA) is 56.2 Å². The van der Waals surface area contributed by atoms with Gasteiger partial charge in [-0.2, -0.15) is 4.68 Å². The molecule has 1 heterocycles. The molecular formula is C27H27N3O2. The van der Waals surface area contributed by atoms with Crippen LogP contribution in [0.2, 0.25) is 0 Å². The van der Waals surface area contributed by atoms with Crippen LogP contribution in [0.5, 0.6) is 5.75 Å². The largest absolute Gasteiger partial charge is 0.497 e. The highest BCUT2D eigenvalue weighted by Crippen LogP contribution is 2.44. The lowest BCUT2D eigenvalue weighted by atomic mass is 9.68. The molecule has 0 amide bonds. The van der Waals surface area contributed by atoms with E-state index >= 15 is 0 Å². The van der Waals surface area contributed by atoms with Crippen molar-refractivity contribution >= 4 is 17.8 Å². The van der Waals surface area contributed by atoms with E-state index in [1.165, 1.54) is 17.2 Å². The molecule has 5 heteroatoms. The predicted octanol–water partition coefficient (Wildman–Crippen LogP) is 5.24. The standard InChI is InChI=1S/C27H27N3O2/c1-3-25(31)30-24-18-27(19-9-5-4-6-10-19,20-11-7-14-22(17-20)32-2)16-15-23(24)26(29-30)28-21-12-8-13-21/h3-7,9-11,14-17,21H,1,8,12-13,18H2,2H3,(H,28,29). The van der Waals surface area contributed by atoms with Gasteiger partial charge in [0.05, 0.1) is 12.8 Å². The van der Waals surface area contributed by atoms with Crippen molar-refractivity contribution in [3.63, 3.8) is 0 Å². The summed E-state index contributed by atoms with van der Waals surface area (Å²) in [5.74, 6) is 1.37. The molecule has 0 radical (unpaired) electrons. The van der Waals surface area contributed by atoms with Gasteiger partial charge in [-0.1, -0.05) is 61.2 Å². The van der Waals surface area contributed by atoms with Crippen LogP contribution in [0, 0.1) is 0 Å². The van der Waals surface area contributed by atoms with Crippen LogP contribution in [0.4, 0.5) is 5.82 Å². The average molecular weight is 426 g/mol. The number of anilines is 1. The molecule has 1 fully saturated rings. The van der Waals surface area contributed by atoms with E-state index in [4.69, 9.17) is 4.74 Å². The SMILES string of the molecule is C=CC(=O)n1nc(NC2CCC2)c2c1CC(c1ccccc1)(c1cccc(OC)c1)C=C2. The van der Waals surface area contributed by atoms with Crippen molar-refractivity contribution in [1.82, 2.24) is 9.78 Å². The van der Waals surface area contributed by atoms with Gasteiger partial charge in [0.25, 0.3) is 5.91 Å². The molecule has 1 unspecified atom stereocenters. The minimum absolute atomic E-state index is 0.217. The molecular weight excluding hydrogens is 398 g/mol. The number of nitrogens with zero attached hydrogens (tertiary/aromatic N) is 2. The molecule has 32 heavy (non-hydrogen) atoms. The van der Waals surface area contributed by atoms with Gasteiger partial charge >= 0.3 is 0 Å². The summed E-state index contributed by atoms with van der Waals surface area (Å²) in [4.78, 5) is 12.8. The Bertz CT molecular complexity index is 1190. The maximum absolute atomic E-state index is 12.8. The number of benzene rings is 2. The molecule has 2 aromatic carbocycles. The third kappa shape index (κ3) is 3.34. The quantitative estimate of drug-likeness (QED) is 0.549. The van der Waals surface area contributed by atoms with Crippen LogP contribution >= 0.6 is 0 Å². The van der Waals surface area contributed by atoms with Crippen LogP contribution < -0.4 is 10.1 Å². The summed E-state index contributed by atoms with van der Waals surface area (Å²) >= 11 is 0. The van der Waals surface area contributed by atoms with Crippen molar-refractivity contribution in [1.29, 1.82) is 0 Å². The fourth-order valence-corrected chi connectivity index (χ4v) is 4.68. The van der Waals surface area contributed by atoms with Crippen molar-refractivity contribution in [3.8, 4) is 5.75 Å². The van der Waals surface area contributed by atoms with Gasteiger partial charge in [0.15, 0.2) is 5.82 Å². The number of hydrogen-bond donors (Lipinski definition) is 1. The monoisotopic (exact) mass is 425 g/mol. The van der Waals surface area contributed by atoms with E-state index in [1.54, 1.807) is 7.11 Å². The van der Waals surface area contributed by atoms with Crippen LogP contribution in [0.25, 0.3) is 6.08 Å². The van der Waals surface area contributed by atoms with Crippen LogP contribution in [-0.4, -0.2) is 28.8 Å². The normalized spacial score (nSPS) is 19.7. The molecule has 2 aliphatic rings. The number of rotatable bonds is 6. The van der Waals surface area contributed by atoms with Crippen molar-refractivity contribution in [2.45, 2.75) is 37.1 Å². The van der Waals surface area contributed by atoms with Crippen molar-refractivity contribution in [2.24, 2.45) is 0 Å². The first-order chi connectivity index (χ1) is 15.6. The first-order valence-corrected chi connectivity index (χ1v) is 11.1. The molecule has 0 spiro atoms. The Morgan fingerprint density at radius 2 is 1.97 bits per heavy atom. The molecule has 1 aromatic heterocycles. The Hall–Kier alpha value is -3.60. The molecule has 2 aliphatic carbocycles. The maximum atomic E-state index is 12.8. The third-order valence-corrected chi connectivity index (χ3v) is 6.71. The molecule has 3 aromatic rings. The molecule has 1 N–H and O–H groups in total. The third-order valence-electron chi connectivity index (χ3n) is 6.71. The summed E-state index contributed by atoms with van der Waals surface area (Å²) < 4.78 is 7.04. The summed E-state index contributed by atoms with van der Waals surface area (Å²) in [5, 5.41) is 8.22. The number of nitrogens with one attached hydrogen (secondary N) is 1. The molecule has 1 atom stereocenters. The first kappa shape index (κ1) is 20.3. The Kier molecular flexibility index (Phi) is 5.17. The highest BCUT2D eigenvalue weighted by molar-refractivity contribution is 5.91. The van der Waals surface area contributed by atoms with E-state index in [0.29, 0.717) is 12.5 Å². The maximum Gasteiger partial charge on any atom is 0.270 e. The minimum Gasteiger partial charge on any atom is -0.497 e. The van der Waals surface area contributed by atoms with E-state index in [2.05, 4.69) is 65.5 Å². The van der Waals surface area contributed by atoms with Gasteiger partial charge in [0.1, 0.15) is 5.75 Å². The molecule has 162 valence electrons. The summed E-state index contributed by atoms with van der Waals surface area (Å²) in [6.45, 7) is 3.69. The first-order valence-electron chi connectivity index (χ1n) is 11.1. The van der Waals surface area contributed by atoms with Crippen LogP contribution in [-0.2, 0) is 11.8 Å². The Balaban J connectivity index is 1.67. The smallest absolute Gasteiger partial charge is 0.270 e. The zero-order valence-electron chi connectivity index (χ0n) is 18.3. The van der Waals surface area contributed by atoms with Gasteiger partial charge in [-0.25, -0.2) is 0 Å². The molecule has 0 saturated heterocycles. The average Bonchev–Trinajstić information content (AvgIpc) is 3.18. The molecule has 5 rings (SSSR count). The second-order valence-corrected chi connectivity index (χ2v) is 8.51. The summed E-state index contributed by atoms with van der Waals surface area (Å²) in [6, 6.07) is 19.0. The van der Waals surface area contributed by atoms with Crippen molar-refractivity contribution in [3.05, 3.63) is 95.7 Å². The lowest BCUT2D eigenvalue weighted by Gasteiger charge is -2.35. The number of ether oxygens (including phenoxy) is 1. The molecule has 5 nitrogen and oxygen atoms in total. The number of hydrogen-bond acceptors (Lipinski definition) is 4. The van der Waals surface area contributed by atoms with Gasteiger partial charge < -0.3 is 10.1 Å². The summed E-state index contributed by atoms with van der Waals surface area (Å²) in [7, 11) is 1.68. The number of aromatic nitrogens is 2. The van der Waals surface area contributed by atoms with Gasteiger partial charge in [0, 0.05) is 23.4 Å². The summed E-state index contributed by atoms with van der Waals surface area (Å²) in [5.41, 5.74) is 3.70. The van der Waals surface area contributed by atoms with E-state index in [9.17, 15) is 4.79 Å². The number of carbonyl (C=O) groups excluding carboxylic acids is 1. The number of methoxy groups -OCH3 is 1. The second kappa shape index (κ2) is 8.15. The van der Waals surface area contributed by atoms with Crippen LogP contribution in [0.1, 0.15) is 46.4 Å². The fourth-order valence-electron chi connectivity index (χ4n) is 4.68. The Labute approximate surface area is 188 Å². The van der Waals surface area contributed by atoms with Gasteiger partial charge in [-0.3, -0.25) is 4.79 Å². The lowest BCUT2D eigenvalue weighted by Crippen LogP contribution is -2.32. The predicted molar refractivity (Wildman–Crippen MR) is 127 cm³/mol. The Morgan fingerprint density at radius 3 is 2.66 bits per heavy atom. The van der Waals surface area contributed by atoms with E-state index in [0.717, 1.165) is 46.8 Å². The minimum atomic E-state index is -0.449. The number of allylic oxidation sites excluding steroid dienone is 2. The number of carbonyl (C=O) groups is 1. The van der Waals surface area contributed by atoms with Crippen LogP contribution in [0.15, 0.2) is 73.3 Å². The van der Waals surface area contributed by atoms with E-state index in [1.807, 2.05) is 18.2 Å². The van der Waals surface area contributed by atoms with E-state index in [-0.39, 0.29) is 5.91 Å². The van der Waals surface area contributed by atoms with Crippen molar-refractivity contribution in [2.75, 3.05) is 12.4 Å². The molecule has 1 saturated carbocycles. The lowest BCUT2D eigenvalue weighted by molar-refractivity contribution is 0.0950. The van der Waals surface area contributed by atoms with Gasteiger partial charge in [0.2, 0.25) is 0 Å². The highest BCUT2D eigenvalue weighted by atomic mass is 16.5. The fraction of sp³-hybridized carbons (Fsp3) is 0.259. The van der Waals surface area contributed by atoms with Crippen molar-refractivity contribution < 1.29 is 9.53 Å². The van der Waals surface area contributed by atoms with Gasteiger partial charge in [-0.15, -0.1) is 5.10 Å². The highest BCUT2D eigenvalue weighted by Gasteiger charge is 2.39. The zero-order valence-corrected chi connectivity index (χ0v) is 18.3. The Morgan fingerprint density at radius 1 is 1.19 bits per heavy atom. The molecule has 0 bridgehead atoms. The van der Waals surface area contributed by atoms with Gasteiger partial charge in [-0.05, 0) is 48.6 Å².